The van der Waals surface area contributed by atoms with Crippen molar-refractivity contribution >= 4 is 11.8 Å². The highest BCUT2D eigenvalue weighted by Crippen LogP contribution is 2.29. The molecule has 0 aliphatic heterocycles. The fraction of sp³-hybridized carbons (Fsp3) is 0.357. The quantitative estimate of drug-likeness (QED) is 0.760. The van der Waals surface area contributed by atoms with Gasteiger partial charge >= 0.3 is 0 Å². The van der Waals surface area contributed by atoms with Crippen molar-refractivity contribution in [3.05, 3.63) is 46.3 Å². The van der Waals surface area contributed by atoms with Crippen molar-refractivity contribution in [3.63, 3.8) is 0 Å². The number of hydrogen-bond acceptors (Lipinski definition) is 3. The summed E-state index contributed by atoms with van der Waals surface area (Å²) in [5.74, 6) is 1.85. The molecular formula is C14H17NOS. The van der Waals surface area contributed by atoms with Crippen LogP contribution in [0.25, 0.3) is 0 Å². The van der Waals surface area contributed by atoms with E-state index in [0.717, 1.165) is 17.2 Å². The highest BCUT2D eigenvalue weighted by Gasteiger charge is 2.09. The van der Waals surface area contributed by atoms with E-state index < -0.39 is 0 Å². The van der Waals surface area contributed by atoms with Gasteiger partial charge in [-0.1, -0.05) is 22.9 Å². The first-order valence-corrected chi connectivity index (χ1v) is 6.68. The summed E-state index contributed by atoms with van der Waals surface area (Å²) in [5.41, 5.74) is 4.85. The second kappa shape index (κ2) is 4.96. The molecule has 0 aliphatic carbocycles. The second-order valence-corrected chi connectivity index (χ2v) is 5.38. The van der Waals surface area contributed by atoms with Gasteiger partial charge in [0.2, 0.25) is 0 Å². The van der Waals surface area contributed by atoms with Crippen LogP contribution in [0.5, 0.6) is 0 Å². The molecule has 0 aliphatic rings. The number of hydrogen-bond donors (Lipinski definition) is 0. The van der Waals surface area contributed by atoms with E-state index in [9.17, 15) is 0 Å². The predicted octanol–water partition coefficient (Wildman–Crippen LogP) is 4.20. The van der Waals surface area contributed by atoms with Crippen molar-refractivity contribution in [1.82, 2.24) is 5.16 Å². The van der Waals surface area contributed by atoms with Crippen LogP contribution in [0, 0.1) is 27.7 Å². The summed E-state index contributed by atoms with van der Waals surface area (Å²) in [6.45, 7) is 8.24. The van der Waals surface area contributed by atoms with Crippen molar-refractivity contribution in [2.24, 2.45) is 0 Å². The van der Waals surface area contributed by atoms with Crippen molar-refractivity contribution in [2.75, 3.05) is 0 Å². The van der Waals surface area contributed by atoms with Crippen LogP contribution in [0.1, 0.15) is 28.1 Å². The maximum Gasteiger partial charge on any atom is 0.137 e. The van der Waals surface area contributed by atoms with Gasteiger partial charge in [-0.2, -0.15) is 0 Å². The fourth-order valence-electron chi connectivity index (χ4n) is 1.72. The number of aryl methyl sites for hydroxylation is 4. The lowest BCUT2D eigenvalue weighted by Gasteiger charge is -2.06. The summed E-state index contributed by atoms with van der Waals surface area (Å²) >= 11 is 1.85. The van der Waals surface area contributed by atoms with Crippen LogP contribution in [0.2, 0.25) is 0 Å². The third-order valence-corrected chi connectivity index (χ3v) is 4.08. The zero-order chi connectivity index (χ0) is 12.4. The molecule has 2 aromatic rings. The SMILES string of the molecule is Cc1ccc(C)c(SCc2c(C)noc2C)c1. The molecule has 1 aromatic carbocycles. The predicted molar refractivity (Wildman–Crippen MR) is 71.5 cm³/mol. The van der Waals surface area contributed by atoms with Crippen LogP contribution in [-0.2, 0) is 5.75 Å². The first kappa shape index (κ1) is 12.2. The normalized spacial score (nSPS) is 10.8. The zero-order valence-corrected chi connectivity index (χ0v) is 11.5. The molecule has 0 atom stereocenters. The molecule has 0 unspecified atom stereocenters. The van der Waals surface area contributed by atoms with Crippen LogP contribution >= 0.6 is 11.8 Å². The molecule has 2 rings (SSSR count). The molecule has 1 heterocycles. The molecule has 0 N–H and O–H groups in total. The molecule has 0 fully saturated rings. The monoisotopic (exact) mass is 247 g/mol. The number of thioether (sulfide) groups is 1. The summed E-state index contributed by atoms with van der Waals surface area (Å²) in [5, 5.41) is 3.98. The van der Waals surface area contributed by atoms with Crippen molar-refractivity contribution in [2.45, 2.75) is 38.3 Å². The van der Waals surface area contributed by atoms with Gasteiger partial charge in [0.25, 0.3) is 0 Å². The number of aromatic nitrogens is 1. The molecule has 0 spiro atoms. The Hall–Kier alpha value is -1.22. The molecular weight excluding hydrogens is 230 g/mol. The van der Waals surface area contributed by atoms with E-state index in [0.29, 0.717) is 0 Å². The highest BCUT2D eigenvalue weighted by atomic mass is 32.2. The third-order valence-electron chi connectivity index (χ3n) is 2.90. The smallest absolute Gasteiger partial charge is 0.137 e. The minimum absolute atomic E-state index is 0.922. The van der Waals surface area contributed by atoms with Crippen LogP contribution < -0.4 is 0 Å². The number of rotatable bonds is 3. The van der Waals surface area contributed by atoms with Crippen LogP contribution in [0.15, 0.2) is 27.6 Å². The van der Waals surface area contributed by atoms with E-state index in [-0.39, 0.29) is 0 Å². The Morgan fingerprint density at radius 1 is 1.18 bits per heavy atom. The number of benzene rings is 1. The van der Waals surface area contributed by atoms with Crippen LogP contribution in [0.4, 0.5) is 0 Å². The molecule has 17 heavy (non-hydrogen) atoms. The van der Waals surface area contributed by atoms with Gasteiger partial charge in [0.05, 0.1) is 5.69 Å². The van der Waals surface area contributed by atoms with Gasteiger partial charge in [-0.25, -0.2) is 0 Å². The zero-order valence-electron chi connectivity index (χ0n) is 10.7. The Labute approximate surface area is 106 Å². The molecule has 0 radical (unpaired) electrons. The number of nitrogens with zero attached hydrogens (tertiary/aromatic N) is 1. The van der Waals surface area contributed by atoms with E-state index in [1.807, 2.05) is 25.6 Å². The molecule has 1 aromatic heterocycles. The second-order valence-electron chi connectivity index (χ2n) is 4.36. The Morgan fingerprint density at radius 3 is 2.59 bits per heavy atom. The van der Waals surface area contributed by atoms with Crippen molar-refractivity contribution in [1.29, 1.82) is 0 Å². The third kappa shape index (κ3) is 2.72. The van der Waals surface area contributed by atoms with Gasteiger partial charge in [-0.15, -0.1) is 11.8 Å². The molecule has 0 bridgehead atoms. The standard InChI is InChI=1S/C14H17NOS/c1-9-5-6-10(2)14(7-9)17-8-13-11(3)15-16-12(13)4/h5-7H,8H2,1-4H3. The Morgan fingerprint density at radius 2 is 1.94 bits per heavy atom. The molecule has 2 nitrogen and oxygen atoms in total. The Kier molecular flexibility index (Phi) is 3.57. The molecule has 0 saturated heterocycles. The van der Waals surface area contributed by atoms with Crippen LogP contribution in [0.3, 0.4) is 0 Å². The lowest BCUT2D eigenvalue weighted by Crippen LogP contribution is -1.87. The van der Waals surface area contributed by atoms with E-state index in [4.69, 9.17) is 4.52 Å². The van der Waals surface area contributed by atoms with Gasteiger partial charge in [0, 0.05) is 16.2 Å². The van der Waals surface area contributed by atoms with E-state index in [1.165, 1.54) is 21.6 Å². The lowest BCUT2D eigenvalue weighted by atomic mass is 10.2. The molecule has 3 heteroatoms. The highest BCUT2D eigenvalue weighted by molar-refractivity contribution is 7.98. The fourth-order valence-corrected chi connectivity index (χ4v) is 3.00. The maximum absolute atomic E-state index is 5.17. The largest absolute Gasteiger partial charge is 0.361 e. The Bertz CT molecular complexity index is 512. The minimum Gasteiger partial charge on any atom is -0.361 e. The average Bonchev–Trinajstić information content (AvgIpc) is 2.61. The summed E-state index contributed by atoms with van der Waals surface area (Å²) in [4.78, 5) is 1.34. The van der Waals surface area contributed by atoms with Gasteiger partial charge in [0.1, 0.15) is 5.76 Å². The average molecular weight is 247 g/mol. The first-order valence-electron chi connectivity index (χ1n) is 5.69. The molecule has 0 saturated carbocycles. The molecule has 0 amide bonds. The van der Waals surface area contributed by atoms with Crippen molar-refractivity contribution < 1.29 is 4.52 Å². The van der Waals surface area contributed by atoms with Gasteiger partial charge in [-0.3, -0.25) is 0 Å². The van der Waals surface area contributed by atoms with E-state index in [2.05, 4.69) is 37.2 Å². The van der Waals surface area contributed by atoms with Crippen molar-refractivity contribution in [3.8, 4) is 0 Å². The van der Waals surface area contributed by atoms with E-state index in [1.54, 1.807) is 0 Å². The maximum atomic E-state index is 5.17. The summed E-state index contributed by atoms with van der Waals surface area (Å²) in [6.07, 6.45) is 0. The van der Waals surface area contributed by atoms with Gasteiger partial charge < -0.3 is 4.52 Å². The first-order chi connectivity index (χ1) is 8.08. The lowest BCUT2D eigenvalue weighted by molar-refractivity contribution is 0.392. The minimum atomic E-state index is 0.922. The summed E-state index contributed by atoms with van der Waals surface area (Å²) in [7, 11) is 0. The summed E-state index contributed by atoms with van der Waals surface area (Å²) < 4.78 is 5.17. The van der Waals surface area contributed by atoms with Crippen LogP contribution in [-0.4, -0.2) is 5.16 Å². The topological polar surface area (TPSA) is 26.0 Å². The Balaban J connectivity index is 2.15. The molecule has 90 valence electrons. The van der Waals surface area contributed by atoms with Gasteiger partial charge in [0.15, 0.2) is 0 Å². The van der Waals surface area contributed by atoms with E-state index >= 15 is 0 Å². The van der Waals surface area contributed by atoms with Gasteiger partial charge in [-0.05, 0) is 39.3 Å². The summed E-state index contributed by atoms with van der Waals surface area (Å²) in [6, 6.07) is 6.55.